The molecule has 35 heavy (non-hydrogen) atoms. The molecule has 7 heteroatoms. The Hall–Kier alpha value is -3.35. The summed E-state index contributed by atoms with van der Waals surface area (Å²) in [6, 6.07) is 16.4. The maximum atomic E-state index is 13.0. The SMILES string of the molecule is O=C(N[C@H]1CCC[C@@H](C(=O)N2CC3C(C2)C3C(=O)O)C1)OCC1c2ccccc2-c2ccccc21. The standard InChI is InChI=1S/C28H30N2O5/c31-26(30-13-22-23(14-30)25(22)27(32)33)16-6-5-7-17(12-16)29-28(34)35-15-24-20-10-3-1-8-18(20)19-9-2-4-11-21(19)24/h1-4,8-11,16-17,22-25H,5-7,12-15H2,(H,29,34)(H,32,33)/t16-,17+,22?,23?,25?/m1/s1. The predicted octanol–water partition coefficient (Wildman–Crippen LogP) is 3.87. The van der Waals surface area contributed by atoms with Crippen molar-refractivity contribution in [3.8, 4) is 11.1 Å². The molecule has 2 aromatic carbocycles. The average Bonchev–Trinajstić information content (AvgIpc) is 3.22. The van der Waals surface area contributed by atoms with Crippen molar-refractivity contribution < 1.29 is 24.2 Å². The summed E-state index contributed by atoms with van der Waals surface area (Å²) in [5, 5.41) is 12.2. The van der Waals surface area contributed by atoms with E-state index in [1.165, 1.54) is 22.3 Å². The van der Waals surface area contributed by atoms with Crippen molar-refractivity contribution in [1.82, 2.24) is 10.2 Å². The minimum absolute atomic E-state index is 0.0186. The van der Waals surface area contributed by atoms with E-state index >= 15 is 0 Å². The van der Waals surface area contributed by atoms with E-state index < -0.39 is 12.1 Å². The van der Waals surface area contributed by atoms with Crippen LogP contribution in [0.1, 0.15) is 42.7 Å². The van der Waals surface area contributed by atoms with E-state index in [1.807, 2.05) is 29.2 Å². The summed E-state index contributed by atoms with van der Waals surface area (Å²) in [4.78, 5) is 38.8. The van der Waals surface area contributed by atoms with Crippen molar-refractivity contribution in [3.05, 3.63) is 59.7 Å². The minimum Gasteiger partial charge on any atom is -0.481 e. The van der Waals surface area contributed by atoms with Gasteiger partial charge in [-0.2, -0.15) is 0 Å². The number of carbonyl (C=O) groups is 3. The van der Waals surface area contributed by atoms with Gasteiger partial charge in [-0.1, -0.05) is 55.0 Å². The zero-order chi connectivity index (χ0) is 24.1. The molecule has 4 atom stereocenters. The molecule has 0 radical (unpaired) electrons. The molecule has 0 aromatic heterocycles. The first-order chi connectivity index (χ1) is 17.0. The number of rotatable bonds is 5. The summed E-state index contributed by atoms with van der Waals surface area (Å²) in [5.41, 5.74) is 4.75. The van der Waals surface area contributed by atoms with Gasteiger partial charge in [-0.05, 0) is 53.4 Å². The number of nitrogens with one attached hydrogen (secondary N) is 1. The highest BCUT2D eigenvalue weighted by atomic mass is 16.5. The molecule has 3 fully saturated rings. The van der Waals surface area contributed by atoms with Crippen molar-refractivity contribution in [2.45, 2.75) is 37.6 Å². The molecule has 7 nitrogen and oxygen atoms in total. The van der Waals surface area contributed by atoms with Gasteiger partial charge < -0.3 is 20.1 Å². The highest BCUT2D eigenvalue weighted by molar-refractivity contribution is 5.82. The molecular formula is C28H30N2O5. The number of benzene rings is 2. The van der Waals surface area contributed by atoms with E-state index in [2.05, 4.69) is 29.6 Å². The average molecular weight is 475 g/mol. The van der Waals surface area contributed by atoms with Crippen LogP contribution in [0.25, 0.3) is 11.1 Å². The lowest BCUT2D eigenvalue weighted by molar-refractivity contribution is -0.142. The summed E-state index contributed by atoms with van der Waals surface area (Å²) in [6.45, 7) is 1.39. The van der Waals surface area contributed by atoms with Gasteiger partial charge in [-0.3, -0.25) is 9.59 Å². The van der Waals surface area contributed by atoms with Gasteiger partial charge in [0.1, 0.15) is 6.61 Å². The van der Waals surface area contributed by atoms with Crippen molar-refractivity contribution in [1.29, 1.82) is 0 Å². The molecule has 4 aliphatic rings. The summed E-state index contributed by atoms with van der Waals surface area (Å²) in [7, 11) is 0. The Labute approximate surface area is 204 Å². The van der Waals surface area contributed by atoms with Crippen LogP contribution in [-0.4, -0.2) is 53.7 Å². The van der Waals surface area contributed by atoms with Gasteiger partial charge in [0, 0.05) is 31.0 Å². The molecule has 2 N–H and O–H groups in total. The number of carbonyl (C=O) groups excluding carboxylic acids is 2. The molecule has 2 saturated carbocycles. The Kier molecular flexibility index (Phi) is 5.50. The fraction of sp³-hybridized carbons (Fsp3) is 0.464. The number of piperidine rings is 1. The van der Waals surface area contributed by atoms with Crippen LogP contribution in [0, 0.1) is 23.7 Å². The molecule has 2 unspecified atom stereocenters. The molecule has 0 spiro atoms. The Balaban J connectivity index is 1.02. The number of carboxylic acid groups (broad SMARTS) is 1. The first-order valence-electron chi connectivity index (χ1n) is 12.6. The third-order valence-electron chi connectivity index (χ3n) is 8.48. The number of hydrogen-bond donors (Lipinski definition) is 2. The molecular weight excluding hydrogens is 444 g/mol. The minimum atomic E-state index is -0.739. The second kappa shape index (κ2) is 8.70. The van der Waals surface area contributed by atoms with Gasteiger partial charge in [-0.15, -0.1) is 0 Å². The van der Waals surface area contributed by atoms with E-state index in [-0.39, 0.29) is 48.1 Å². The van der Waals surface area contributed by atoms with Crippen molar-refractivity contribution in [2.24, 2.45) is 23.7 Å². The second-order valence-corrected chi connectivity index (χ2v) is 10.5. The van der Waals surface area contributed by atoms with Gasteiger partial charge in [0.15, 0.2) is 0 Å². The van der Waals surface area contributed by atoms with Crippen LogP contribution in [-0.2, 0) is 14.3 Å². The lowest BCUT2D eigenvalue weighted by Gasteiger charge is -2.32. The topological polar surface area (TPSA) is 95.9 Å². The van der Waals surface area contributed by atoms with Crippen molar-refractivity contribution >= 4 is 18.0 Å². The highest BCUT2D eigenvalue weighted by Gasteiger charge is 2.60. The Morgan fingerprint density at radius 3 is 2.20 bits per heavy atom. The molecule has 2 aromatic rings. The summed E-state index contributed by atoms with van der Waals surface area (Å²) >= 11 is 0. The maximum absolute atomic E-state index is 13.0. The number of carboxylic acids is 1. The van der Waals surface area contributed by atoms with Gasteiger partial charge in [0.2, 0.25) is 5.91 Å². The first kappa shape index (κ1) is 22.1. The van der Waals surface area contributed by atoms with Crippen molar-refractivity contribution in [3.63, 3.8) is 0 Å². The monoisotopic (exact) mass is 474 g/mol. The molecule has 1 saturated heterocycles. The smallest absolute Gasteiger partial charge is 0.407 e. The summed E-state index contributed by atoms with van der Waals surface area (Å²) in [5.74, 6) is -0.760. The molecule has 2 amide bonds. The molecule has 1 heterocycles. The zero-order valence-corrected chi connectivity index (χ0v) is 19.6. The van der Waals surface area contributed by atoms with E-state index in [4.69, 9.17) is 4.74 Å². The third-order valence-corrected chi connectivity index (χ3v) is 8.48. The van der Waals surface area contributed by atoms with Crippen LogP contribution in [0.15, 0.2) is 48.5 Å². The van der Waals surface area contributed by atoms with Gasteiger partial charge >= 0.3 is 12.1 Å². The number of amides is 2. The predicted molar refractivity (Wildman–Crippen MR) is 129 cm³/mol. The van der Waals surface area contributed by atoms with E-state index in [0.717, 1.165) is 19.3 Å². The normalized spacial score (nSPS) is 28.6. The van der Waals surface area contributed by atoms with E-state index in [0.29, 0.717) is 19.5 Å². The molecule has 182 valence electrons. The number of likely N-dealkylation sites (tertiary alicyclic amines) is 1. The lowest BCUT2D eigenvalue weighted by atomic mass is 9.84. The van der Waals surface area contributed by atoms with E-state index in [1.54, 1.807) is 0 Å². The van der Waals surface area contributed by atoms with Crippen LogP contribution >= 0.6 is 0 Å². The molecule has 6 rings (SSSR count). The number of alkyl carbamates (subject to hydrolysis) is 1. The van der Waals surface area contributed by atoms with Crippen LogP contribution in [0.3, 0.4) is 0 Å². The summed E-state index contributed by atoms with van der Waals surface area (Å²) in [6.07, 6.45) is 2.70. The fourth-order valence-corrected chi connectivity index (χ4v) is 6.68. The summed E-state index contributed by atoms with van der Waals surface area (Å²) < 4.78 is 5.69. The number of ether oxygens (including phenoxy) is 1. The highest BCUT2D eigenvalue weighted by Crippen LogP contribution is 2.52. The van der Waals surface area contributed by atoms with Crippen LogP contribution in [0.4, 0.5) is 4.79 Å². The first-order valence-corrected chi connectivity index (χ1v) is 12.6. The number of aliphatic carboxylic acids is 1. The van der Waals surface area contributed by atoms with E-state index in [9.17, 15) is 19.5 Å². The Morgan fingerprint density at radius 1 is 0.943 bits per heavy atom. The number of hydrogen-bond acceptors (Lipinski definition) is 4. The third kappa shape index (κ3) is 3.97. The van der Waals surface area contributed by atoms with Gasteiger partial charge in [0.05, 0.1) is 5.92 Å². The number of nitrogens with zero attached hydrogens (tertiary/aromatic N) is 1. The fourth-order valence-electron chi connectivity index (χ4n) is 6.68. The largest absolute Gasteiger partial charge is 0.481 e. The van der Waals surface area contributed by atoms with Gasteiger partial charge in [0.25, 0.3) is 0 Å². The Morgan fingerprint density at radius 2 is 1.57 bits per heavy atom. The van der Waals surface area contributed by atoms with Crippen molar-refractivity contribution in [2.75, 3.05) is 19.7 Å². The van der Waals surface area contributed by atoms with Crippen LogP contribution < -0.4 is 5.32 Å². The molecule has 0 bridgehead atoms. The maximum Gasteiger partial charge on any atom is 0.407 e. The van der Waals surface area contributed by atoms with Gasteiger partial charge in [-0.25, -0.2) is 4.79 Å². The quantitative estimate of drug-likeness (QED) is 0.686. The van der Waals surface area contributed by atoms with Crippen LogP contribution in [0.2, 0.25) is 0 Å². The molecule has 1 aliphatic heterocycles. The lowest BCUT2D eigenvalue weighted by Crippen LogP contribution is -2.44. The second-order valence-electron chi connectivity index (χ2n) is 10.5. The zero-order valence-electron chi connectivity index (χ0n) is 19.6. The Bertz CT molecular complexity index is 1120. The van der Waals surface area contributed by atoms with Crippen LogP contribution in [0.5, 0.6) is 0 Å². The molecule has 3 aliphatic carbocycles. The number of fused-ring (bicyclic) bond motifs is 4.